The van der Waals surface area contributed by atoms with E-state index in [1.54, 1.807) is 0 Å². The van der Waals surface area contributed by atoms with Gasteiger partial charge in [-0.3, -0.25) is 4.79 Å². The Bertz CT molecular complexity index is 490. The lowest BCUT2D eigenvalue weighted by Gasteiger charge is -2.16. The smallest absolute Gasteiger partial charge is 0.305 e. The summed E-state index contributed by atoms with van der Waals surface area (Å²) in [4.78, 5) is 11.0. The van der Waals surface area contributed by atoms with E-state index in [2.05, 4.69) is 26.7 Å². The third kappa shape index (κ3) is 3.73. The summed E-state index contributed by atoms with van der Waals surface area (Å²) in [7, 11) is 1.41. The molecule has 1 atom stereocenters. The molecule has 0 bridgehead atoms. The molecular weight excluding hydrogens is 322 g/mol. The van der Waals surface area contributed by atoms with Crippen LogP contribution in [0, 0.1) is 0 Å². The summed E-state index contributed by atoms with van der Waals surface area (Å²) in [5, 5.41) is 0. The van der Waals surface area contributed by atoms with Crippen molar-refractivity contribution in [1.29, 1.82) is 0 Å². The number of hydrogen-bond acceptors (Lipinski definition) is 4. The molecule has 0 saturated heterocycles. The Kier molecular flexibility index (Phi) is 5.43. The van der Waals surface area contributed by atoms with Crippen LogP contribution in [0.1, 0.15) is 42.9 Å². The molecule has 2 rings (SSSR count). The van der Waals surface area contributed by atoms with E-state index in [4.69, 9.17) is 10.5 Å². The van der Waals surface area contributed by atoms with Gasteiger partial charge in [-0.2, -0.15) is 0 Å². The minimum absolute atomic E-state index is 0.0583. The van der Waals surface area contributed by atoms with Crippen molar-refractivity contribution in [3.05, 3.63) is 27.7 Å². The van der Waals surface area contributed by atoms with Crippen LogP contribution >= 0.6 is 15.9 Å². The van der Waals surface area contributed by atoms with E-state index in [1.165, 1.54) is 12.7 Å². The maximum atomic E-state index is 11.0. The molecule has 1 aromatic rings. The largest absolute Gasteiger partial charge is 0.493 e. The van der Waals surface area contributed by atoms with Gasteiger partial charge >= 0.3 is 5.97 Å². The molecule has 0 radical (unpaired) electrons. The fraction of sp³-hybridized carbons (Fsp3) is 0.533. The Morgan fingerprint density at radius 2 is 2.30 bits per heavy atom. The van der Waals surface area contributed by atoms with Gasteiger partial charge in [0, 0.05) is 28.9 Å². The Hall–Kier alpha value is -1.07. The average molecular weight is 342 g/mol. The third-order valence-corrected chi connectivity index (χ3v) is 4.01. The molecule has 4 nitrogen and oxygen atoms in total. The molecule has 2 N–H and O–H groups in total. The first-order chi connectivity index (χ1) is 9.61. The third-order valence-electron chi connectivity index (χ3n) is 3.55. The molecule has 1 aliphatic rings. The van der Waals surface area contributed by atoms with E-state index in [0.717, 1.165) is 48.1 Å². The topological polar surface area (TPSA) is 61.5 Å². The monoisotopic (exact) mass is 341 g/mol. The summed E-state index contributed by atoms with van der Waals surface area (Å²) in [6, 6.07) is 4.07. The van der Waals surface area contributed by atoms with Crippen LogP contribution in [0.5, 0.6) is 5.75 Å². The van der Waals surface area contributed by atoms with Crippen LogP contribution in [0.4, 0.5) is 0 Å². The zero-order valence-corrected chi connectivity index (χ0v) is 13.2. The first-order valence-corrected chi connectivity index (χ1v) is 7.68. The molecule has 1 heterocycles. The van der Waals surface area contributed by atoms with E-state index < -0.39 is 0 Å². The summed E-state index contributed by atoms with van der Waals surface area (Å²) in [6.45, 7) is 0.730. The van der Waals surface area contributed by atoms with Crippen molar-refractivity contribution in [2.75, 3.05) is 13.7 Å². The average Bonchev–Trinajstić information content (AvgIpc) is 2.89. The van der Waals surface area contributed by atoms with Gasteiger partial charge in [-0.25, -0.2) is 0 Å². The molecule has 0 fully saturated rings. The molecule has 1 aromatic carbocycles. The Morgan fingerprint density at radius 1 is 1.50 bits per heavy atom. The molecule has 0 spiro atoms. The van der Waals surface area contributed by atoms with Gasteiger partial charge in [-0.1, -0.05) is 22.4 Å². The maximum absolute atomic E-state index is 11.0. The van der Waals surface area contributed by atoms with Crippen LogP contribution in [-0.2, 0) is 16.0 Å². The van der Waals surface area contributed by atoms with Crippen molar-refractivity contribution in [3.63, 3.8) is 0 Å². The molecular formula is C15H20BrNO3. The molecule has 110 valence electrons. The second kappa shape index (κ2) is 7.09. The molecule has 0 aliphatic carbocycles. The van der Waals surface area contributed by atoms with Gasteiger partial charge in [0.15, 0.2) is 0 Å². The lowest BCUT2D eigenvalue weighted by atomic mass is 9.98. The molecule has 1 unspecified atom stereocenters. The molecule has 1 aliphatic heterocycles. The van der Waals surface area contributed by atoms with Crippen molar-refractivity contribution < 1.29 is 14.3 Å². The van der Waals surface area contributed by atoms with E-state index in [-0.39, 0.29) is 12.0 Å². The zero-order chi connectivity index (χ0) is 14.5. The van der Waals surface area contributed by atoms with E-state index >= 15 is 0 Å². The Morgan fingerprint density at radius 3 is 3.05 bits per heavy atom. The first kappa shape index (κ1) is 15.3. The number of hydrogen-bond donors (Lipinski definition) is 1. The number of carbonyl (C=O) groups excluding carboxylic acids is 1. The molecule has 5 heteroatoms. The van der Waals surface area contributed by atoms with Gasteiger partial charge in [-0.05, 0) is 30.5 Å². The number of fused-ring (bicyclic) bond motifs is 1. The lowest BCUT2D eigenvalue weighted by molar-refractivity contribution is -0.140. The van der Waals surface area contributed by atoms with Gasteiger partial charge in [0.2, 0.25) is 0 Å². The van der Waals surface area contributed by atoms with Crippen molar-refractivity contribution in [2.45, 2.75) is 38.1 Å². The number of carbonyl (C=O) groups is 1. The number of halogens is 1. The van der Waals surface area contributed by atoms with Gasteiger partial charge in [0.1, 0.15) is 5.75 Å². The quantitative estimate of drug-likeness (QED) is 0.637. The summed E-state index contributed by atoms with van der Waals surface area (Å²) >= 11 is 3.52. The number of benzene rings is 1. The highest BCUT2D eigenvalue weighted by Gasteiger charge is 2.21. The SMILES string of the molecule is COC(=O)CCCCC(N)c1cc(Br)cc2c1OCC2. The van der Waals surface area contributed by atoms with E-state index in [1.807, 2.05) is 6.07 Å². The summed E-state index contributed by atoms with van der Waals surface area (Å²) in [5.74, 6) is 0.791. The summed E-state index contributed by atoms with van der Waals surface area (Å²) < 4.78 is 11.4. The summed E-state index contributed by atoms with van der Waals surface area (Å²) in [6.07, 6.45) is 3.94. The Balaban J connectivity index is 1.93. The highest BCUT2D eigenvalue weighted by atomic mass is 79.9. The van der Waals surface area contributed by atoms with E-state index in [0.29, 0.717) is 6.42 Å². The highest BCUT2D eigenvalue weighted by Crippen LogP contribution is 2.37. The van der Waals surface area contributed by atoms with Gasteiger partial charge in [0.25, 0.3) is 0 Å². The standard InChI is InChI=1S/C15H20BrNO3/c1-19-14(18)5-3-2-4-13(17)12-9-11(16)8-10-6-7-20-15(10)12/h8-9,13H,2-7,17H2,1H3. The fourth-order valence-corrected chi connectivity index (χ4v) is 2.99. The van der Waals surface area contributed by atoms with Crippen molar-refractivity contribution in [1.82, 2.24) is 0 Å². The summed E-state index contributed by atoms with van der Waals surface area (Å²) in [5.41, 5.74) is 8.55. The van der Waals surface area contributed by atoms with Crippen LogP contribution in [0.3, 0.4) is 0 Å². The highest BCUT2D eigenvalue weighted by molar-refractivity contribution is 9.10. The lowest BCUT2D eigenvalue weighted by Crippen LogP contribution is -2.12. The Labute approximate surface area is 127 Å². The van der Waals surface area contributed by atoms with E-state index in [9.17, 15) is 4.79 Å². The van der Waals surface area contributed by atoms with Crippen LogP contribution in [0.25, 0.3) is 0 Å². The number of esters is 1. The number of unbranched alkanes of at least 4 members (excludes halogenated alkanes) is 1. The molecule has 0 saturated carbocycles. The maximum Gasteiger partial charge on any atom is 0.305 e. The fourth-order valence-electron chi connectivity index (χ4n) is 2.46. The van der Waals surface area contributed by atoms with Gasteiger partial charge < -0.3 is 15.2 Å². The van der Waals surface area contributed by atoms with Crippen molar-refractivity contribution in [3.8, 4) is 5.75 Å². The first-order valence-electron chi connectivity index (χ1n) is 6.89. The minimum atomic E-state index is -0.162. The molecule has 20 heavy (non-hydrogen) atoms. The predicted molar refractivity (Wildman–Crippen MR) is 80.8 cm³/mol. The second-order valence-corrected chi connectivity index (χ2v) is 5.93. The zero-order valence-electron chi connectivity index (χ0n) is 11.7. The number of nitrogens with two attached hydrogens (primary N) is 1. The van der Waals surface area contributed by atoms with Crippen LogP contribution in [0.15, 0.2) is 16.6 Å². The number of ether oxygens (including phenoxy) is 2. The molecule has 0 amide bonds. The van der Waals surface area contributed by atoms with Crippen LogP contribution in [0.2, 0.25) is 0 Å². The number of rotatable bonds is 6. The van der Waals surface area contributed by atoms with Crippen LogP contribution < -0.4 is 10.5 Å². The molecule has 0 aromatic heterocycles. The predicted octanol–water partition coefficient (Wildman–Crippen LogP) is 3.12. The second-order valence-electron chi connectivity index (χ2n) is 5.01. The van der Waals surface area contributed by atoms with Crippen molar-refractivity contribution >= 4 is 21.9 Å². The van der Waals surface area contributed by atoms with Crippen LogP contribution in [-0.4, -0.2) is 19.7 Å². The van der Waals surface area contributed by atoms with Gasteiger partial charge in [-0.15, -0.1) is 0 Å². The van der Waals surface area contributed by atoms with Crippen molar-refractivity contribution in [2.24, 2.45) is 5.73 Å². The normalized spacial score (nSPS) is 14.6. The number of methoxy groups -OCH3 is 1. The van der Waals surface area contributed by atoms with Gasteiger partial charge in [0.05, 0.1) is 13.7 Å². The minimum Gasteiger partial charge on any atom is -0.493 e.